The first-order valence-electron chi connectivity index (χ1n) is 35.8. The first-order valence-corrected chi connectivity index (χ1v) is 35.8. The van der Waals surface area contributed by atoms with E-state index < -0.39 is 146 Å². The van der Waals surface area contributed by atoms with Crippen molar-refractivity contribution in [3.05, 3.63) is 155 Å². The number of fused-ring (bicyclic) bond motifs is 1. The molecule has 1 saturated heterocycles. The summed E-state index contributed by atoms with van der Waals surface area (Å²) in [5.74, 6) is -15.9. The number of cyclic esters (lactones) is 1. The number of hydrogen-bond donors (Lipinski definition) is 16. The highest BCUT2D eigenvalue weighted by atomic mass is 16.5. The Labute approximate surface area is 641 Å². The van der Waals surface area contributed by atoms with E-state index in [0.29, 0.717) is 42.1 Å². The van der Waals surface area contributed by atoms with Crippen LogP contribution in [0.25, 0.3) is 16.9 Å². The van der Waals surface area contributed by atoms with Gasteiger partial charge in [-0.1, -0.05) is 78.8 Å². The molecule has 2 aliphatic heterocycles. The number of nitrogens with one attached hydrogen (secondary N) is 8. The van der Waals surface area contributed by atoms with E-state index >= 15 is 0 Å². The maximum Gasteiger partial charge on any atom is 0.331 e. The molecule has 37 nitrogen and oxygen atoms in total. The van der Waals surface area contributed by atoms with Crippen molar-refractivity contribution in [2.45, 2.75) is 179 Å². The summed E-state index contributed by atoms with van der Waals surface area (Å²) in [4.78, 5) is 168. The molecule has 0 aliphatic carbocycles. The zero-order chi connectivity index (χ0) is 81.7. The van der Waals surface area contributed by atoms with Gasteiger partial charge in [0, 0.05) is 60.8 Å². The lowest BCUT2D eigenvalue weighted by Gasteiger charge is -2.41. The number of ether oxygens (including phenoxy) is 2. The number of carbonyl (C=O) groups excluding carboxylic acids is 7. The fourth-order valence-corrected chi connectivity index (χ4v) is 12.0. The zero-order valence-electron chi connectivity index (χ0n) is 61.9. The SMILES string of the molecule is C/C=C/[C@@H]1O[C@H]([C@H](O)/C=C/C=C(\C)C[C@@H](C)/C=C(C)\C=C\[C@H]2CC=CC(=O)O2)CC(NCc2cn(-c3ccc(C(=O)NCCCC[C@H](NC(=O)[C@H](CC(=O)O)NC(=O)[C@H](CC(=O)O)NC(=O)[C@@H](CC(=O)O)NC(=O)CC[C@H](NC(=O)c4ccc(NCc5cnc6nc(N)nc(O)c6n5)cc4)C(=O)O)C(=O)O)cc3)nn2)[C@@H]1C. The van der Waals surface area contributed by atoms with Gasteiger partial charge in [-0.25, -0.2) is 29.0 Å². The van der Waals surface area contributed by atoms with E-state index in [1.807, 2.05) is 67.9 Å². The van der Waals surface area contributed by atoms with Crippen LogP contribution in [0.1, 0.15) is 137 Å². The third-order valence-corrected chi connectivity index (χ3v) is 17.8. The number of nitrogens with two attached hydrogens (primary N) is 1. The van der Waals surface area contributed by atoms with Gasteiger partial charge in [0.1, 0.15) is 36.3 Å². The summed E-state index contributed by atoms with van der Waals surface area (Å²) in [7, 11) is 0. The zero-order valence-corrected chi connectivity index (χ0v) is 61.9. The summed E-state index contributed by atoms with van der Waals surface area (Å²) in [5, 5.41) is 98.8. The van der Waals surface area contributed by atoms with Gasteiger partial charge in [-0.3, -0.25) is 43.2 Å². The number of allylic oxidation sites excluding steroid dienone is 7. The number of unbranched alkanes of at least 4 members (excludes halogenated alkanes) is 1. The summed E-state index contributed by atoms with van der Waals surface area (Å²) in [6.07, 6.45) is 16.8. The van der Waals surface area contributed by atoms with Gasteiger partial charge in [-0.05, 0) is 120 Å². The number of nitrogens with zero attached hydrogens (tertiary/aromatic N) is 7. The number of hydrogen-bond acceptors (Lipinski definition) is 25. The molecule has 0 spiro atoms. The number of rotatable bonds is 42. The van der Waals surface area contributed by atoms with Gasteiger partial charge in [0.15, 0.2) is 11.2 Å². The molecule has 0 bridgehead atoms. The summed E-state index contributed by atoms with van der Waals surface area (Å²) in [5.41, 5.74) is 10.1. The van der Waals surface area contributed by atoms with Crippen molar-refractivity contribution in [1.29, 1.82) is 0 Å². The van der Waals surface area contributed by atoms with Crippen LogP contribution in [0.2, 0.25) is 0 Å². The molecule has 12 atom stereocenters. The van der Waals surface area contributed by atoms with Crippen LogP contribution >= 0.6 is 0 Å². The van der Waals surface area contributed by atoms with E-state index in [1.54, 1.807) is 47.3 Å². The van der Waals surface area contributed by atoms with Crippen molar-refractivity contribution < 1.29 is 103 Å². The molecule has 5 heterocycles. The van der Waals surface area contributed by atoms with E-state index in [1.165, 1.54) is 36.5 Å². The Morgan fingerprint density at radius 2 is 1.34 bits per heavy atom. The Bertz CT molecular complexity index is 4410. The van der Waals surface area contributed by atoms with Crippen LogP contribution in [0.3, 0.4) is 0 Å². The van der Waals surface area contributed by atoms with Crippen molar-refractivity contribution in [2.24, 2.45) is 11.8 Å². The second kappa shape index (κ2) is 42.4. The number of anilines is 2. The molecule has 37 heteroatoms. The highest BCUT2D eigenvalue weighted by Crippen LogP contribution is 2.30. The summed E-state index contributed by atoms with van der Waals surface area (Å²) < 4.78 is 13.3. The van der Waals surface area contributed by atoms with Crippen molar-refractivity contribution in [2.75, 3.05) is 17.6 Å². The van der Waals surface area contributed by atoms with E-state index in [2.05, 4.69) is 82.1 Å². The number of carbonyl (C=O) groups is 12. The second-order valence-electron chi connectivity index (χ2n) is 26.9. The average molecular weight is 1550 g/mol. The normalized spacial score (nSPS) is 18.4. The van der Waals surface area contributed by atoms with E-state index in [4.69, 9.17) is 15.2 Å². The van der Waals surface area contributed by atoms with Gasteiger partial charge in [-0.15, -0.1) is 5.10 Å². The maximum absolute atomic E-state index is 13.6. The number of amides is 6. The second-order valence-corrected chi connectivity index (χ2v) is 26.9. The van der Waals surface area contributed by atoms with Crippen LogP contribution < -0.4 is 48.3 Å². The monoisotopic (exact) mass is 1550 g/mol. The minimum Gasteiger partial charge on any atom is -0.492 e. The van der Waals surface area contributed by atoms with Gasteiger partial charge in [-0.2, -0.15) is 9.97 Å². The lowest BCUT2D eigenvalue weighted by Crippen LogP contribution is -2.58. The molecular weight excluding hydrogens is 1460 g/mol. The van der Waals surface area contributed by atoms with E-state index in [-0.39, 0.29) is 96.6 Å². The number of carboxylic acid groups (broad SMARTS) is 5. The van der Waals surface area contributed by atoms with Gasteiger partial charge >= 0.3 is 35.8 Å². The molecule has 5 aromatic rings. The third-order valence-electron chi connectivity index (χ3n) is 17.8. The van der Waals surface area contributed by atoms with Crippen molar-refractivity contribution in [1.82, 2.24) is 72.1 Å². The van der Waals surface area contributed by atoms with Crippen molar-refractivity contribution in [3.63, 3.8) is 0 Å². The quantitative estimate of drug-likeness (QED) is 0.0116. The first-order chi connectivity index (χ1) is 53.3. The lowest BCUT2D eigenvalue weighted by atomic mass is 9.86. The van der Waals surface area contributed by atoms with Crippen molar-refractivity contribution >= 4 is 94.1 Å². The highest BCUT2D eigenvalue weighted by molar-refractivity contribution is 5.99. The predicted octanol–water partition coefficient (Wildman–Crippen LogP) is 3.00. The lowest BCUT2D eigenvalue weighted by molar-refractivity contribution is -0.145. The molecule has 17 N–H and O–H groups in total. The molecule has 1 fully saturated rings. The van der Waals surface area contributed by atoms with E-state index in [0.717, 1.165) is 17.6 Å². The molecular formula is C75H92N16O21. The largest absolute Gasteiger partial charge is 0.492 e. The van der Waals surface area contributed by atoms with Crippen LogP contribution in [-0.2, 0) is 70.5 Å². The van der Waals surface area contributed by atoms with Crippen LogP contribution in [0.15, 0.2) is 133 Å². The maximum atomic E-state index is 13.6. The number of aromatic hydroxyl groups is 1. The van der Waals surface area contributed by atoms with Gasteiger partial charge in [0.2, 0.25) is 35.5 Å². The molecule has 6 amide bonds. The number of nitrogen functional groups attached to an aromatic ring is 1. The number of aliphatic hydroxyl groups excluding tert-OH is 1. The number of aromatic nitrogens is 7. The summed E-state index contributed by atoms with van der Waals surface area (Å²) >= 11 is 0. The number of benzene rings is 2. The highest BCUT2D eigenvalue weighted by Gasteiger charge is 2.38. The van der Waals surface area contributed by atoms with Crippen LogP contribution in [0.4, 0.5) is 11.6 Å². The molecule has 598 valence electrons. The predicted molar refractivity (Wildman–Crippen MR) is 400 cm³/mol. The van der Waals surface area contributed by atoms with Gasteiger partial charge in [0.25, 0.3) is 11.8 Å². The molecule has 7 rings (SSSR count). The Hall–Kier alpha value is -12.6. The molecule has 2 aliphatic rings. The minimum absolute atomic E-state index is 0.00715. The molecule has 3 aromatic heterocycles. The molecule has 112 heavy (non-hydrogen) atoms. The standard InChI is InChI=1S/C75H92N16O21/c1-6-11-58-43(5)53(32-59(112-58)57(92)15-9-12-40(2)30-42(4)31-41(3)17-26-50-13-10-16-64(100)111-50)79-38-48-39-91(90-89-48)49-24-20-44(21-25-49)67(101)77-29-8-7-14-51(73(107)108)84-70(104)55(34-62(96)97)86-71(105)56(35-63(98)99)85-69(103)54(33-61(94)95)82-60(93)28-27-52(74(109)110)83-68(102)45-18-22-46(23-19-45)78-36-47-37-80-66-65(81-47)72(106)88-75(76)87-66/h6,9-12,15-26,31,37,39,42-43,50-59,78-79,92H,7-8,13-14,27-30,32-36,38H2,1-5H3,(H,77,101)(H,82,93)(H,83,102)(H,84,104)(H,85,103)(H,86,105)(H,94,95)(H,96,97)(H,98,99)(H,107,108)(H,109,110)(H3,76,80,87,88,106)/b11-6+,15-9+,26-17+,40-12+,41-31-/t42-,43+,50-,51+,52+,53?,54-,55+,56+,57-,58+,59+/m1/s1. The third kappa shape index (κ3) is 27.8. The molecule has 0 saturated carbocycles. The molecule has 0 radical (unpaired) electrons. The fraction of sp³-hybridized carbons (Fsp3) is 0.413. The minimum atomic E-state index is -2.19. The van der Waals surface area contributed by atoms with Crippen LogP contribution in [-0.4, -0.2) is 209 Å². The molecule has 2 aromatic carbocycles. The average Bonchev–Trinajstić information content (AvgIpc) is 1.35. The van der Waals surface area contributed by atoms with E-state index in [9.17, 15) is 93.3 Å². The first kappa shape index (κ1) is 86.6. The topological polar surface area (TPSA) is 569 Å². The Kier molecular flexibility index (Phi) is 32.8. The number of carboxylic acids is 5. The Morgan fingerprint density at radius 1 is 0.723 bits per heavy atom. The fourth-order valence-electron chi connectivity index (χ4n) is 12.0. The molecule has 1 unspecified atom stereocenters. The van der Waals surface area contributed by atoms with Gasteiger partial charge in [0.05, 0.1) is 73.6 Å². The van der Waals surface area contributed by atoms with Crippen LogP contribution in [0, 0.1) is 11.8 Å². The number of aliphatic hydroxyl groups is 1. The Morgan fingerprint density at radius 3 is 1.96 bits per heavy atom. The van der Waals surface area contributed by atoms with Crippen molar-refractivity contribution in [3.8, 4) is 11.6 Å². The summed E-state index contributed by atoms with van der Waals surface area (Å²) in [6, 6.07) is 2.27. The summed E-state index contributed by atoms with van der Waals surface area (Å²) in [6.45, 7) is 10.6. The van der Waals surface area contributed by atoms with Crippen LogP contribution in [0.5, 0.6) is 5.88 Å². The Balaban J connectivity index is 0.836. The number of esters is 1. The smallest absolute Gasteiger partial charge is 0.331 e. The van der Waals surface area contributed by atoms with Gasteiger partial charge < -0.3 is 93.5 Å². The number of aliphatic carboxylic acids is 5.